The normalized spacial score (nSPS) is 17.7. The number of piperidine rings is 1. The smallest absolute Gasteiger partial charge is 0.226 e. The second kappa shape index (κ2) is 6.93. The molecule has 2 heterocycles. The molecule has 0 saturated carbocycles. The Hall–Kier alpha value is -2.47. The molecular formula is C21H22F2N2O2. The molecule has 0 aliphatic carbocycles. The zero-order valence-electron chi connectivity index (χ0n) is 15.0. The molecule has 0 atom stereocenters. The van der Waals surface area contributed by atoms with E-state index in [2.05, 4.69) is 6.07 Å². The van der Waals surface area contributed by atoms with Gasteiger partial charge >= 0.3 is 0 Å². The van der Waals surface area contributed by atoms with Crippen molar-refractivity contribution in [3.63, 3.8) is 0 Å². The lowest BCUT2D eigenvalue weighted by molar-refractivity contribution is -0.132. The van der Waals surface area contributed by atoms with E-state index in [0.717, 1.165) is 36.3 Å². The van der Waals surface area contributed by atoms with E-state index in [-0.39, 0.29) is 17.7 Å². The quantitative estimate of drug-likeness (QED) is 0.901. The fourth-order valence-electron chi connectivity index (χ4n) is 4.07. The number of likely N-dealkylation sites (tertiary alicyclic amines) is 1. The van der Waals surface area contributed by atoms with Crippen molar-refractivity contribution < 1.29 is 18.3 Å². The maximum absolute atomic E-state index is 13.4. The van der Waals surface area contributed by atoms with Gasteiger partial charge in [-0.3, -0.25) is 4.79 Å². The molecule has 1 spiro atoms. The molecule has 4 rings (SSSR count). The maximum atomic E-state index is 13.4. The second-order valence-electron chi connectivity index (χ2n) is 7.41. The van der Waals surface area contributed by atoms with Crippen LogP contribution in [-0.2, 0) is 23.2 Å². The van der Waals surface area contributed by atoms with E-state index in [1.807, 2.05) is 12.1 Å². The number of nitrogens with two attached hydrogens (primary N) is 1. The third kappa shape index (κ3) is 3.30. The van der Waals surface area contributed by atoms with Crippen molar-refractivity contribution in [2.75, 3.05) is 19.7 Å². The van der Waals surface area contributed by atoms with Crippen LogP contribution in [0.5, 0.6) is 5.75 Å². The molecule has 4 nitrogen and oxygen atoms in total. The molecule has 6 heteroatoms. The largest absolute Gasteiger partial charge is 0.492 e. The third-order valence-electron chi connectivity index (χ3n) is 5.77. The van der Waals surface area contributed by atoms with Gasteiger partial charge < -0.3 is 15.4 Å². The molecule has 1 saturated heterocycles. The summed E-state index contributed by atoms with van der Waals surface area (Å²) in [7, 11) is 0. The first-order chi connectivity index (χ1) is 13.0. The summed E-state index contributed by atoms with van der Waals surface area (Å²) in [6, 6.07) is 9.70. The Morgan fingerprint density at radius 3 is 2.52 bits per heavy atom. The van der Waals surface area contributed by atoms with E-state index >= 15 is 0 Å². The molecule has 2 aliphatic heterocycles. The van der Waals surface area contributed by atoms with Crippen molar-refractivity contribution >= 4 is 5.91 Å². The number of benzene rings is 2. The molecule has 0 aromatic heterocycles. The van der Waals surface area contributed by atoms with Gasteiger partial charge in [0.25, 0.3) is 0 Å². The predicted octanol–water partition coefficient (Wildman–Crippen LogP) is 2.92. The zero-order chi connectivity index (χ0) is 19.0. The van der Waals surface area contributed by atoms with Gasteiger partial charge in [-0.05, 0) is 42.2 Å². The molecule has 2 N–H and O–H groups in total. The molecule has 142 valence electrons. The molecule has 2 aliphatic rings. The van der Waals surface area contributed by atoms with Gasteiger partial charge in [-0.25, -0.2) is 8.78 Å². The monoisotopic (exact) mass is 372 g/mol. The summed E-state index contributed by atoms with van der Waals surface area (Å²) in [4.78, 5) is 14.4. The Balaban J connectivity index is 1.44. The molecule has 2 aromatic carbocycles. The minimum absolute atomic E-state index is 0.0642. The van der Waals surface area contributed by atoms with Gasteiger partial charge in [0.2, 0.25) is 5.91 Å². The number of carbonyl (C=O) groups is 1. The van der Waals surface area contributed by atoms with Crippen LogP contribution >= 0.6 is 0 Å². The van der Waals surface area contributed by atoms with E-state index in [1.54, 1.807) is 4.90 Å². The van der Waals surface area contributed by atoms with E-state index in [9.17, 15) is 13.6 Å². The van der Waals surface area contributed by atoms with Gasteiger partial charge in [-0.2, -0.15) is 0 Å². The summed E-state index contributed by atoms with van der Waals surface area (Å²) >= 11 is 0. The minimum Gasteiger partial charge on any atom is -0.492 e. The van der Waals surface area contributed by atoms with Crippen molar-refractivity contribution in [3.8, 4) is 5.75 Å². The van der Waals surface area contributed by atoms with Crippen molar-refractivity contribution in [3.05, 3.63) is 64.7 Å². The third-order valence-corrected chi connectivity index (χ3v) is 5.77. The van der Waals surface area contributed by atoms with Gasteiger partial charge in [0, 0.05) is 30.6 Å². The lowest BCUT2D eigenvalue weighted by atomic mass is 9.74. The fraction of sp³-hybridized carbons (Fsp3) is 0.381. The van der Waals surface area contributed by atoms with Crippen LogP contribution in [0.4, 0.5) is 8.78 Å². The van der Waals surface area contributed by atoms with E-state index in [1.165, 1.54) is 11.6 Å². The summed E-state index contributed by atoms with van der Waals surface area (Å²) in [5.74, 6) is -0.976. The Bertz CT molecular complexity index is 876. The fourth-order valence-corrected chi connectivity index (χ4v) is 4.07. The highest BCUT2D eigenvalue weighted by Gasteiger charge is 2.43. The number of hydrogen-bond donors (Lipinski definition) is 1. The Kier molecular flexibility index (Phi) is 4.60. The molecule has 2 aromatic rings. The van der Waals surface area contributed by atoms with E-state index in [0.29, 0.717) is 31.8 Å². The summed E-state index contributed by atoms with van der Waals surface area (Å²) < 4.78 is 32.3. The van der Waals surface area contributed by atoms with Crippen molar-refractivity contribution in [2.45, 2.75) is 31.2 Å². The number of hydrogen-bond acceptors (Lipinski definition) is 3. The predicted molar refractivity (Wildman–Crippen MR) is 97.4 cm³/mol. The number of nitrogens with zero attached hydrogens (tertiary/aromatic N) is 1. The minimum atomic E-state index is -0.923. The number of rotatable bonds is 3. The number of carbonyl (C=O) groups excluding carboxylic acids is 1. The van der Waals surface area contributed by atoms with Crippen molar-refractivity contribution in [2.24, 2.45) is 5.73 Å². The average Bonchev–Trinajstić information content (AvgIpc) is 3.03. The van der Waals surface area contributed by atoms with Crippen LogP contribution in [0.15, 0.2) is 36.4 Å². The lowest BCUT2D eigenvalue weighted by Gasteiger charge is -2.38. The number of fused-ring (bicyclic) bond motifs is 2. The average molecular weight is 372 g/mol. The van der Waals surface area contributed by atoms with Gasteiger partial charge in [-0.15, -0.1) is 0 Å². The van der Waals surface area contributed by atoms with Gasteiger partial charge in [0.05, 0.1) is 13.0 Å². The second-order valence-corrected chi connectivity index (χ2v) is 7.41. The number of amides is 1. The Morgan fingerprint density at radius 1 is 1.07 bits per heavy atom. The molecular weight excluding hydrogens is 350 g/mol. The van der Waals surface area contributed by atoms with Crippen LogP contribution in [-0.4, -0.2) is 30.5 Å². The van der Waals surface area contributed by atoms with E-state index in [4.69, 9.17) is 10.5 Å². The molecule has 0 radical (unpaired) electrons. The maximum Gasteiger partial charge on any atom is 0.226 e. The van der Waals surface area contributed by atoms with Crippen LogP contribution in [0.3, 0.4) is 0 Å². The molecule has 0 bridgehead atoms. The molecule has 1 fully saturated rings. The SMILES string of the molecule is NCc1ccc2c(c1)C1(CCN(C(=O)Cc3ccc(F)c(F)c3)CC1)CO2. The number of ether oxygens (including phenoxy) is 1. The first-order valence-electron chi connectivity index (χ1n) is 9.19. The van der Waals surface area contributed by atoms with Crippen molar-refractivity contribution in [1.29, 1.82) is 0 Å². The van der Waals surface area contributed by atoms with Crippen LogP contribution in [0.2, 0.25) is 0 Å². The molecule has 27 heavy (non-hydrogen) atoms. The van der Waals surface area contributed by atoms with Crippen molar-refractivity contribution in [1.82, 2.24) is 4.90 Å². The number of halogens is 2. The van der Waals surface area contributed by atoms with Crippen LogP contribution in [0, 0.1) is 11.6 Å². The Labute approximate surface area is 156 Å². The highest BCUT2D eigenvalue weighted by atomic mass is 19.2. The molecule has 0 unspecified atom stereocenters. The first kappa shape index (κ1) is 17.9. The van der Waals surface area contributed by atoms with Gasteiger partial charge in [0.1, 0.15) is 5.75 Å². The highest BCUT2D eigenvalue weighted by molar-refractivity contribution is 5.79. The Morgan fingerprint density at radius 2 is 1.81 bits per heavy atom. The first-order valence-corrected chi connectivity index (χ1v) is 9.19. The van der Waals surface area contributed by atoms with Crippen LogP contribution < -0.4 is 10.5 Å². The van der Waals surface area contributed by atoms with E-state index < -0.39 is 11.6 Å². The molecule has 1 amide bonds. The summed E-state index contributed by atoms with van der Waals surface area (Å²) in [6.07, 6.45) is 1.71. The highest BCUT2D eigenvalue weighted by Crippen LogP contribution is 2.45. The van der Waals surface area contributed by atoms with Gasteiger partial charge in [-0.1, -0.05) is 18.2 Å². The van der Waals surface area contributed by atoms with Gasteiger partial charge in [0.15, 0.2) is 11.6 Å². The topological polar surface area (TPSA) is 55.6 Å². The van der Waals surface area contributed by atoms with Crippen LogP contribution in [0.1, 0.15) is 29.5 Å². The van der Waals surface area contributed by atoms with Crippen LogP contribution in [0.25, 0.3) is 0 Å². The summed E-state index contributed by atoms with van der Waals surface area (Å²) in [6.45, 7) is 2.36. The lowest BCUT2D eigenvalue weighted by Crippen LogP contribution is -2.46. The summed E-state index contributed by atoms with van der Waals surface area (Å²) in [5.41, 5.74) is 8.46. The summed E-state index contributed by atoms with van der Waals surface area (Å²) in [5, 5.41) is 0. The zero-order valence-corrected chi connectivity index (χ0v) is 15.0. The standard InChI is InChI=1S/C21H22F2N2O2/c22-17-3-1-14(10-18(17)23)11-20(26)25-7-5-21(6-8-25)13-27-19-4-2-15(12-24)9-16(19)21/h1-4,9-10H,5-8,11-13,24H2.